The molecule has 0 fully saturated rings. The first kappa shape index (κ1) is 14.4. The van der Waals surface area contributed by atoms with Crippen molar-refractivity contribution in [1.82, 2.24) is 25.6 Å². The molecule has 0 saturated carbocycles. The van der Waals surface area contributed by atoms with Crippen molar-refractivity contribution in [3.63, 3.8) is 0 Å². The third-order valence-corrected chi connectivity index (χ3v) is 3.24. The molecule has 0 atom stereocenters. The fourth-order valence-electron chi connectivity index (χ4n) is 2.15. The molecule has 23 heavy (non-hydrogen) atoms. The Balaban J connectivity index is 1.94. The van der Waals surface area contributed by atoms with Gasteiger partial charge in [0.05, 0.1) is 5.70 Å². The summed E-state index contributed by atoms with van der Waals surface area (Å²) in [5, 5.41) is 9.83. The maximum absolute atomic E-state index is 11.9. The standard InChI is InChI=1S/C13H14N8O2/c14-5-8(19-15)6-1-3-7(4-2-6)16-10-9-11(21-20-10)17-13(23)18-12(9)22/h1-5,19H,14-15H2,(H4,16,17,18,20,21,22,23)/b8-5-. The number of anilines is 2. The Labute approximate surface area is 128 Å². The summed E-state index contributed by atoms with van der Waals surface area (Å²) in [7, 11) is 0. The summed E-state index contributed by atoms with van der Waals surface area (Å²) >= 11 is 0. The number of hydrogen-bond acceptors (Lipinski definition) is 7. The molecule has 0 aliphatic rings. The second kappa shape index (κ2) is 5.69. The Hall–Kier alpha value is -3.53. The van der Waals surface area contributed by atoms with Gasteiger partial charge in [-0.25, -0.2) is 4.79 Å². The summed E-state index contributed by atoms with van der Waals surface area (Å²) in [6, 6.07) is 7.14. The summed E-state index contributed by atoms with van der Waals surface area (Å²) in [6.07, 6.45) is 1.36. The quantitative estimate of drug-likeness (QED) is 0.249. The first-order chi connectivity index (χ1) is 11.1. The van der Waals surface area contributed by atoms with E-state index in [2.05, 4.69) is 30.9 Å². The van der Waals surface area contributed by atoms with Crippen LogP contribution in [0.2, 0.25) is 0 Å². The van der Waals surface area contributed by atoms with Crippen LogP contribution in [0.4, 0.5) is 11.5 Å². The Bertz CT molecular complexity index is 980. The lowest BCUT2D eigenvalue weighted by atomic mass is 10.1. The van der Waals surface area contributed by atoms with Crippen LogP contribution in [0.1, 0.15) is 5.56 Å². The molecule has 2 aromatic heterocycles. The lowest BCUT2D eigenvalue weighted by Crippen LogP contribution is -2.21. The highest BCUT2D eigenvalue weighted by Gasteiger charge is 2.11. The molecule has 0 aliphatic carbocycles. The van der Waals surface area contributed by atoms with Crippen LogP contribution in [0.5, 0.6) is 0 Å². The average molecular weight is 314 g/mol. The van der Waals surface area contributed by atoms with E-state index in [0.29, 0.717) is 17.2 Å². The molecule has 3 aromatic rings. The first-order valence-electron chi connectivity index (χ1n) is 6.59. The van der Waals surface area contributed by atoms with Crippen LogP contribution >= 0.6 is 0 Å². The van der Waals surface area contributed by atoms with Gasteiger partial charge in [0.1, 0.15) is 11.0 Å². The number of nitrogens with zero attached hydrogens (tertiary/aromatic N) is 1. The Morgan fingerprint density at radius 3 is 2.57 bits per heavy atom. The maximum Gasteiger partial charge on any atom is 0.327 e. The lowest BCUT2D eigenvalue weighted by Gasteiger charge is -2.08. The molecular weight excluding hydrogens is 300 g/mol. The lowest BCUT2D eigenvalue weighted by molar-refractivity contribution is 0.988. The van der Waals surface area contributed by atoms with E-state index < -0.39 is 11.2 Å². The SMILES string of the molecule is N/C=C(\NN)c1ccc(Nc2n[nH]c3[nH]c(=O)[nH]c(=O)c23)cc1. The highest BCUT2D eigenvalue weighted by Crippen LogP contribution is 2.21. The second-order valence-corrected chi connectivity index (χ2v) is 4.66. The molecule has 0 unspecified atom stereocenters. The average Bonchev–Trinajstić information content (AvgIpc) is 2.93. The van der Waals surface area contributed by atoms with Gasteiger partial charge >= 0.3 is 5.69 Å². The van der Waals surface area contributed by atoms with E-state index in [1.807, 2.05) is 0 Å². The van der Waals surface area contributed by atoms with Crippen molar-refractivity contribution in [3.05, 3.63) is 56.9 Å². The van der Waals surface area contributed by atoms with Gasteiger partial charge in [-0.05, 0) is 12.1 Å². The van der Waals surface area contributed by atoms with Crippen LogP contribution in [0.3, 0.4) is 0 Å². The number of rotatable bonds is 4. The summed E-state index contributed by atoms with van der Waals surface area (Å²) in [4.78, 5) is 27.7. The Morgan fingerprint density at radius 2 is 1.91 bits per heavy atom. The molecule has 10 nitrogen and oxygen atoms in total. The summed E-state index contributed by atoms with van der Waals surface area (Å²) in [5.41, 5.74) is 9.14. The molecule has 0 saturated heterocycles. The minimum Gasteiger partial charge on any atom is -0.403 e. The fraction of sp³-hybridized carbons (Fsp3) is 0. The van der Waals surface area contributed by atoms with Crippen LogP contribution in [0, 0.1) is 0 Å². The van der Waals surface area contributed by atoms with Crippen molar-refractivity contribution >= 4 is 28.2 Å². The molecule has 0 radical (unpaired) electrons. The molecule has 9 N–H and O–H groups in total. The fourth-order valence-corrected chi connectivity index (χ4v) is 2.15. The summed E-state index contributed by atoms with van der Waals surface area (Å²) in [5.74, 6) is 5.66. The maximum atomic E-state index is 11.9. The molecule has 1 aromatic carbocycles. The smallest absolute Gasteiger partial charge is 0.327 e. The molecule has 118 valence electrons. The van der Waals surface area contributed by atoms with E-state index in [1.165, 1.54) is 6.20 Å². The predicted molar refractivity (Wildman–Crippen MR) is 86.5 cm³/mol. The van der Waals surface area contributed by atoms with E-state index in [0.717, 1.165) is 5.56 Å². The second-order valence-electron chi connectivity index (χ2n) is 4.66. The van der Waals surface area contributed by atoms with Crippen molar-refractivity contribution in [3.8, 4) is 0 Å². The molecule has 0 spiro atoms. The van der Waals surface area contributed by atoms with Gasteiger partial charge in [-0.1, -0.05) is 12.1 Å². The van der Waals surface area contributed by atoms with Gasteiger partial charge in [0, 0.05) is 17.5 Å². The largest absolute Gasteiger partial charge is 0.403 e. The van der Waals surface area contributed by atoms with E-state index in [1.54, 1.807) is 24.3 Å². The highest BCUT2D eigenvalue weighted by molar-refractivity contribution is 5.88. The third kappa shape index (κ3) is 2.65. The van der Waals surface area contributed by atoms with Crippen molar-refractivity contribution < 1.29 is 0 Å². The van der Waals surface area contributed by atoms with Gasteiger partial charge in [-0.3, -0.25) is 25.7 Å². The van der Waals surface area contributed by atoms with Crippen molar-refractivity contribution in [2.45, 2.75) is 0 Å². The Morgan fingerprint density at radius 1 is 1.17 bits per heavy atom. The number of aromatic amines is 3. The third-order valence-electron chi connectivity index (χ3n) is 3.24. The van der Waals surface area contributed by atoms with E-state index in [-0.39, 0.29) is 11.0 Å². The number of hydrazine groups is 1. The zero-order valence-corrected chi connectivity index (χ0v) is 11.8. The molecule has 0 aliphatic heterocycles. The van der Waals surface area contributed by atoms with Crippen molar-refractivity contribution in [2.24, 2.45) is 11.6 Å². The number of nitrogens with one attached hydrogen (secondary N) is 5. The van der Waals surface area contributed by atoms with Gasteiger partial charge in [0.2, 0.25) is 0 Å². The van der Waals surface area contributed by atoms with Crippen LogP contribution in [0.25, 0.3) is 16.7 Å². The summed E-state index contributed by atoms with van der Waals surface area (Å²) < 4.78 is 0. The molecule has 0 bridgehead atoms. The number of hydrogen-bond donors (Lipinski definition) is 7. The monoisotopic (exact) mass is 314 g/mol. The topological polar surface area (TPSA) is 170 Å². The zero-order valence-electron chi connectivity index (χ0n) is 11.8. The predicted octanol–water partition coefficient (Wildman–Crippen LogP) is -0.597. The minimum atomic E-state index is -0.600. The highest BCUT2D eigenvalue weighted by atomic mass is 16.2. The number of nitrogens with two attached hydrogens (primary N) is 2. The summed E-state index contributed by atoms with van der Waals surface area (Å²) in [6.45, 7) is 0. The van der Waals surface area contributed by atoms with Crippen LogP contribution < -0.4 is 33.6 Å². The number of benzene rings is 1. The minimum absolute atomic E-state index is 0.236. The van der Waals surface area contributed by atoms with Crippen molar-refractivity contribution in [1.29, 1.82) is 0 Å². The molecule has 3 rings (SSSR count). The number of aromatic nitrogens is 4. The van der Waals surface area contributed by atoms with Gasteiger partial charge < -0.3 is 16.5 Å². The normalized spacial score (nSPS) is 11.6. The zero-order chi connectivity index (χ0) is 16.4. The van der Waals surface area contributed by atoms with Gasteiger partial charge in [-0.2, -0.15) is 5.10 Å². The van der Waals surface area contributed by atoms with Gasteiger partial charge in [0.15, 0.2) is 5.82 Å². The molecule has 2 heterocycles. The molecule has 10 heteroatoms. The number of H-pyrrole nitrogens is 3. The number of fused-ring (bicyclic) bond motifs is 1. The van der Waals surface area contributed by atoms with Crippen LogP contribution in [0.15, 0.2) is 40.1 Å². The van der Waals surface area contributed by atoms with E-state index >= 15 is 0 Å². The van der Waals surface area contributed by atoms with Crippen molar-refractivity contribution in [2.75, 3.05) is 5.32 Å². The van der Waals surface area contributed by atoms with E-state index in [9.17, 15) is 9.59 Å². The first-order valence-corrected chi connectivity index (χ1v) is 6.59. The van der Waals surface area contributed by atoms with Gasteiger partial charge in [-0.15, -0.1) is 0 Å². The molecule has 0 amide bonds. The molecular formula is C13H14N8O2. The van der Waals surface area contributed by atoms with Crippen LogP contribution in [-0.4, -0.2) is 20.2 Å². The van der Waals surface area contributed by atoms with Gasteiger partial charge in [0.25, 0.3) is 5.56 Å². The van der Waals surface area contributed by atoms with E-state index in [4.69, 9.17) is 11.6 Å². The Kier molecular flexibility index (Phi) is 3.57. The van der Waals surface area contributed by atoms with Crippen LogP contribution in [-0.2, 0) is 0 Å².